The monoisotopic (exact) mass is 318 g/mol. The van der Waals surface area contributed by atoms with Gasteiger partial charge in [0.15, 0.2) is 0 Å². The summed E-state index contributed by atoms with van der Waals surface area (Å²) in [5, 5.41) is 10.7. The second kappa shape index (κ2) is 5.71. The third-order valence-corrected chi connectivity index (χ3v) is 5.92. The highest BCUT2D eigenvalue weighted by Gasteiger charge is 2.29. The molecule has 1 atom stereocenters. The van der Waals surface area contributed by atoms with Crippen LogP contribution >= 0.6 is 11.3 Å². The van der Waals surface area contributed by atoms with Gasteiger partial charge in [0, 0.05) is 13.1 Å². The first-order chi connectivity index (χ1) is 9.31. The Balaban J connectivity index is 2.24. The second-order valence-electron chi connectivity index (χ2n) is 5.14. The number of piperidine rings is 1. The van der Waals surface area contributed by atoms with Crippen molar-refractivity contribution in [1.82, 2.24) is 4.31 Å². The lowest BCUT2D eigenvalue weighted by Crippen LogP contribution is -2.42. The van der Waals surface area contributed by atoms with E-state index in [1.54, 1.807) is 12.3 Å². The molecule has 1 aromatic rings. The lowest BCUT2D eigenvalue weighted by atomic mass is 10.0. The lowest BCUT2D eigenvalue weighted by molar-refractivity contribution is 0.0703. The van der Waals surface area contributed by atoms with Crippen molar-refractivity contribution in [3.8, 4) is 0 Å². The summed E-state index contributed by atoms with van der Waals surface area (Å²) < 4.78 is 28.5. The Morgan fingerprint density at radius 3 is 2.85 bits per heavy atom. The molecule has 0 bridgehead atoms. The van der Waals surface area contributed by atoms with Crippen LogP contribution in [-0.2, 0) is 10.2 Å². The molecule has 1 unspecified atom stereocenters. The number of anilines is 1. The zero-order chi connectivity index (χ0) is 14.9. The number of rotatable bonds is 4. The van der Waals surface area contributed by atoms with E-state index in [0.29, 0.717) is 24.6 Å². The molecule has 2 N–H and O–H groups in total. The van der Waals surface area contributed by atoms with E-state index in [1.165, 1.54) is 4.31 Å². The van der Waals surface area contributed by atoms with Gasteiger partial charge in [-0.3, -0.25) is 4.72 Å². The number of thiophene rings is 1. The van der Waals surface area contributed by atoms with Gasteiger partial charge < -0.3 is 5.11 Å². The molecular weight excluding hydrogens is 300 g/mol. The molecule has 1 fully saturated rings. The zero-order valence-corrected chi connectivity index (χ0v) is 13.1. The van der Waals surface area contributed by atoms with Crippen molar-refractivity contribution in [3.63, 3.8) is 0 Å². The SMILES string of the molecule is Cc1csc(C(=O)O)c1NS(=O)(=O)N1CCCC(C)C1. The van der Waals surface area contributed by atoms with Crippen molar-refractivity contribution in [2.75, 3.05) is 17.8 Å². The summed E-state index contributed by atoms with van der Waals surface area (Å²) in [5.74, 6) is -0.796. The predicted octanol–water partition coefficient (Wildman–Crippen LogP) is 2.14. The average Bonchev–Trinajstić information content (AvgIpc) is 2.71. The Kier molecular flexibility index (Phi) is 4.36. The van der Waals surface area contributed by atoms with Crippen LogP contribution in [0.4, 0.5) is 5.69 Å². The maximum atomic E-state index is 12.4. The molecule has 1 aliphatic rings. The van der Waals surface area contributed by atoms with Crippen LogP contribution in [0.1, 0.15) is 35.0 Å². The van der Waals surface area contributed by atoms with Gasteiger partial charge in [-0.1, -0.05) is 6.92 Å². The summed E-state index contributed by atoms with van der Waals surface area (Å²) in [6.07, 6.45) is 1.85. The van der Waals surface area contributed by atoms with Crippen molar-refractivity contribution in [2.45, 2.75) is 26.7 Å². The molecule has 1 saturated heterocycles. The van der Waals surface area contributed by atoms with E-state index in [1.807, 2.05) is 6.92 Å². The average molecular weight is 318 g/mol. The number of carboxylic acid groups (broad SMARTS) is 1. The van der Waals surface area contributed by atoms with Crippen molar-refractivity contribution >= 4 is 33.2 Å². The molecule has 1 aromatic heterocycles. The normalized spacial score (nSPS) is 20.8. The standard InChI is InChI=1S/C12H18N2O4S2/c1-8-4-3-5-14(6-8)20(17,18)13-10-9(2)7-19-11(10)12(15)16/h7-8,13H,3-6H2,1-2H3,(H,15,16). The molecule has 20 heavy (non-hydrogen) atoms. The first-order valence-electron chi connectivity index (χ1n) is 6.40. The van der Waals surface area contributed by atoms with Crippen LogP contribution in [0, 0.1) is 12.8 Å². The highest BCUT2D eigenvalue weighted by molar-refractivity contribution is 7.90. The highest BCUT2D eigenvalue weighted by Crippen LogP contribution is 2.29. The first kappa shape index (κ1) is 15.3. The number of hydrogen-bond acceptors (Lipinski definition) is 4. The van der Waals surface area contributed by atoms with E-state index >= 15 is 0 Å². The molecule has 2 heterocycles. The molecule has 0 aromatic carbocycles. The molecule has 0 spiro atoms. The van der Waals surface area contributed by atoms with E-state index in [2.05, 4.69) is 4.72 Å². The minimum absolute atomic E-state index is 0.0242. The number of nitrogens with zero attached hydrogens (tertiary/aromatic N) is 1. The van der Waals surface area contributed by atoms with E-state index < -0.39 is 16.2 Å². The number of nitrogens with one attached hydrogen (secondary N) is 1. The number of aryl methyl sites for hydroxylation is 1. The van der Waals surface area contributed by atoms with Gasteiger partial charge in [0.25, 0.3) is 0 Å². The largest absolute Gasteiger partial charge is 0.477 e. The Labute approximate surface area is 122 Å². The van der Waals surface area contributed by atoms with Crippen molar-refractivity contribution in [2.24, 2.45) is 5.92 Å². The van der Waals surface area contributed by atoms with Gasteiger partial charge in [0.2, 0.25) is 0 Å². The van der Waals surface area contributed by atoms with Gasteiger partial charge in [0.05, 0.1) is 5.69 Å². The molecule has 112 valence electrons. The topological polar surface area (TPSA) is 86.7 Å². The summed E-state index contributed by atoms with van der Waals surface area (Å²) in [6.45, 7) is 4.66. The number of carbonyl (C=O) groups is 1. The fourth-order valence-corrected chi connectivity index (χ4v) is 4.66. The molecule has 6 nitrogen and oxygen atoms in total. The summed E-state index contributed by atoms with van der Waals surface area (Å²) in [7, 11) is -3.69. The summed E-state index contributed by atoms with van der Waals surface area (Å²) in [5.41, 5.74) is 0.807. The predicted molar refractivity (Wildman–Crippen MR) is 78.5 cm³/mol. The Morgan fingerprint density at radius 2 is 2.25 bits per heavy atom. The van der Waals surface area contributed by atoms with Gasteiger partial charge in [-0.05, 0) is 36.6 Å². The van der Waals surface area contributed by atoms with Crippen molar-refractivity contribution in [3.05, 3.63) is 15.8 Å². The third-order valence-electron chi connectivity index (χ3n) is 3.36. The van der Waals surface area contributed by atoms with Gasteiger partial charge in [-0.25, -0.2) is 4.79 Å². The van der Waals surface area contributed by atoms with Gasteiger partial charge >= 0.3 is 16.2 Å². The minimum Gasteiger partial charge on any atom is -0.477 e. The molecule has 2 rings (SSSR count). The van der Waals surface area contributed by atoms with Crippen LogP contribution in [0.3, 0.4) is 0 Å². The molecule has 8 heteroatoms. The van der Waals surface area contributed by atoms with E-state index in [9.17, 15) is 13.2 Å². The Bertz CT molecular complexity index is 609. The Morgan fingerprint density at radius 1 is 1.55 bits per heavy atom. The van der Waals surface area contributed by atoms with Crippen LogP contribution in [-0.4, -0.2) is 36.9 Å². The number of aromatic carboxylic acids is 1. The molecule has 0 saturated carbocycles. The van der Waals surface area contributed by atoms with E-state index in [4.69, 9.17) is 5.11 Å². The van der Waals surface area contributed by atoms with Crippen LogP contribution in [0.15, 0.2) is 5.38 Å². The number of hydrogen-bond donors (Lipinski definition) is 2. The summed E-state index contributed by atoms with van der Waals surface area (Å²) in [4.78, 5) is 11.1. The first-order valence-corrected chi connectivity index (χ1v) is 8.72. The van der Waals surface area contributed by atoms with Gasteiger partial charge in [0.1, 0.15) is 4.88 Å². The van der Waals surface area contributed by atoms with Crippen LogP contribution in [0.5, 0.6) is 0 Å². The maximum absolute atomic E-state index is 12.4. The third kappa shape index (κ3) is 3.13. The van der Waals surface area contributed by atoms with Crippen LogP contribution < -0.4 is 4.72 Å². The van der Waals surface area contributed by atoms with Crippen molar-refractivity contribution in [1.29, 1.82) is 0 Å². The minimum atomic E-state index is -3.69. The zero-order valence-electron chi connectivity index (χ0n) is 11.4. The Hall–Kier alpha value is -1.12. The maximum Gasteiger partial charge on any atom is 0.348 e. The van der Waals surface area contributed by atoms with E-state index in [-0.39, 0.29) is 10.6 Å². The highest BCUT2D eigenvalue weighted by atomic mass is 32.2. The molecule has 0 amide bonds. The second-order valence-corrected chi connectivity index (χ2v) is 7.69. The van der Waals surface area contributed by atoms with Crippen LogP contribution in [0.2, 0.25) is 0 Å². The van der Waals surface area contributed by atoms with Gasteiger partial charge in [-0.15, -0.1) is 11.3 Å². The lowest BCUT2D eigenvalue weighted by Gasteiger charge is -2.30. The quantitative estimate of drug-likeness (QED) is 0.890. The smallest absolute Gasteiger partial charge is 0.348 e. The van der Waals surface area contributed by atoms with Gasteiger partial charge in [-0.2, -0.15) is 12.7 Å². The summed E-state index contributed by atoms with van der Waals surface area (Å²) >= 11 is 1.03. The summed E-state index contributed by atoms with van der Waals surface area (Å²) in [6, 6.07) is 0. The van der Waals surface area contributed by atoms with E-state index in [0.717, 1.165) is 24.2 Å². The fourth-order valence-electron chi connectivity index (χ4n) is 2.29. The fraction of sp³-hybridized carbons (Fsp3) is 0.583. The molecule has 1 aliphatic heterocycles. The molecular formula is C12H18N2O4S2. The number of carboxylic acids is 1. The molecule has 0 aliphatic carbocycles. The van der Waals surface area contributed by atoms with Crippen molar-refractivity contribution < 1.29 is 18.3 Å². The van der Waals surface area contributed by atoms with Crippen LogP contribution in [0.25, 0.3) is 0 Å². The molecule has 0 radical (unpaired) electrons.